The van der Waals surface area contributed by atoms with Crippen LogP contribution < -0.4 is 4.80 Å². The van der Waals surface area contributed by atoms with Gasteiger partial charge in [-0.3, -0.25) is 9.59 Å². The molecule has 2 heterocycles. The molecule has 1 aliphatic heterocycles. The minimum absolute atomic E-state index is 0.133. The standard InChI is InChI=1S/C24H25Cl2N3O5S2/c1-3-34-21(30)14-29-22-19(26)11-17(25)12-20(22)35-24(29)27-23(31)16-6-8-18(9-7-16)36(32,33)28-10-4-5-15(2)13-28/h6-9,11-12,15H,3-5,10,13-14H2,1-2H3. The Morgan fingerprint density at radius 2 is 1.92 bits per heavy atom. The van der Waals surface area contributed by atoms with Crippen LogP contribution in [0.25, 0.3) is 10.2 Å². The summed E-state index contributed by atoms with van der Waals surface area (Å²) in [5.41, 5.74) is 0.730. The van der Waals surface area contributed by atoms with Crippen LogP contribution >= 0.6 is 34.5 Å². The number of nitrogens with zero attached hydrogens (tertiary/aromatic N) is 3. The normalized spacial score (nSPS) is 17.4. The third-order valence-corrected chi connectivity index (χ3v) is 9.25. The van der Waals surface area contributed by atoms with Gasteiger partial charge in [0.15, 0.2) is 4.80 Å². The molecule has 1 unspecified atom stereocenters. The van der Waals surface area contributed by atoms with Crippen LogP contribution in [-0.2, 0) is 26.1 Å². The molecule has 1 amide bonds. The average Bonchev–Trinajstić information content (AvgIpc) is 3.15. The van der Waals surface area contributed by atoms with Crippen LogP contribution in [0.4, 0.5) is 0 Å². The summed E-state index contributed by atoms with van der Waals surface area (Å²) >= 11 is 13.7. The van der Waals surface area contributed by atoms with Crippen molar-refractivity contribution in [3.05, 3.63) is 56.8 Å². The van der Waals surface area contributed by atoms with E-state index in [2.05, 4.69) is 4.99 Å². The van der Waals surface area contributed by atoms with Gasteiger partial charge in [0.1, 0.15) is 6.54 Å². The summed E-state index contributed by atoms with van der Waals surface area (Å²) in [5, 5.41) is 0.725. The number of ether oxygens (including phenoxy) is 1. The molecule has 1 saturated heterocycles. The van der Waals surface area contributed by atoms with E-state index in [1.807, 2.05) is 6.92 Å². The lowest BCUT2D eigenvalue weighted by atomic mass is 10.0. The molecule has 12 heteroatoms. The van der Waals surface area contributed by atoms with Gasteiger partial charge in [-0.1, -0.05) is 41.5 Å². The summed E-state index contributed by atoms with van der Waals surface area (Å²) in [6.07, 6.45) is 1.83. The molecule has 0 aliphatic carbocycles. The molecule has 0 spiro atoms. The van der Waals surface area contributed by atoms with E-state index in [1.54, 1.807) is 19.1 Å². The van der Waals surface area contributed by atoms with E-state index >= 15 is 0 Å². The van der Waals surface area contributed by atoms with E-state index in [0.29, 0.717) is 39.3 Å². The third kappa shape index (κ3) is 5.68. The van der Waals surface area contributed by atoms with E-state index < -0.39 is 21.9 Å². The SMILES string of the molecule is CCOC(=O)Cn1c(=NC(=O)c2ccc(S(=O)(=O)N3CCCC(C)C3)cc2)sc2cc(Cl)cc(Cl)c21. The van der Waals surface area contributed by atoms with Crippen molar-refractivity contribution in [3.63, 3.8) is 0 Å². The quantitative estimate of drug-likeness (QED) is 0.399. The predicted octanol–water partition coefficient (Wildman–Crippen LogP) is 4.73. The molecular weight excluding hydrogens is 545 g/mol. The molecule has 0 saturated carbocycles. The number of fused-ring (bicyclic) bond motifs is 1. The highest BCUT2D eigenvalue weighted by atomic mass is 35.5. The smallest absolute Gasteiger partial charge is 0.326 e. The van der Waals surface area contributed by atoms with Gasteiger partial charge < -0.3 is 9.30 Å². The fraction of sp³-hybridized carbons (Fsp3) is 0.375. The van der Waals surface area contributed by atoms with Gasteiger partial charge >= 0.3 is 5.97 Å². The molecule has 192 valence electrons. The molecule has 2 aromatic carbocycles. The number of carbonyl (C=O) groups is 2. The van der Waals surface area contributed by atoms with Crippen LogP contribution in [-0.4, -0.2) is 48.9 Å². The van der Waals surface area contributed by atoms with Crippen molar-refractivity contribution >= 4 is 66.7 Å². The number of esters is 1. The zero-order valence-electron chi connectivity index (χ0n) is 19.7. The number of amides is 1. The first-order chi connectivity index (χ1) is 17.1. The molecule has 8 nitrogen and oxygen atoms in total. The van der Waals surface area contributed by atoms with Crippen molar-refractivity contribution in [2.75, 3.05) is 19.7 Å². The van der Waals surface area contributed by atoms with Crippen LogP contribution in [0.1, 0.15) is 37.0 Å². The molecule has 0 bridgehead atoms. The summed E-state index contributed by atoms with van der Waals surface area (Å²) in [4.78, 5) is 29.8. The first kappa shape index (κ1) is 26.8. The summed E-state index contributed by atoms with van der Waals surface area (Å²) < 4.78 is 34.8. The van der Waals surface area contributed by atoms with E-state index in [4.69, 9.17) is 27.9 Å². The second-order valence-electron chi connectivity index (χ2n) is 8.56. The lowest BCUT2D eigenvalue weighted by Crippen LogP contribution is -2.39. The Balaban J connectivity index is 1.68. The second-order valence-corrected chi connectivity index (χ2v) is 12.4. The summed E-state index contributed by atoms with van der Waals surface area (Å²) in [6, 6.07) is 8.96. The summed E-state index contributed by atoms with van der Waals surface area (Å²) in [6.45, 7) is 4.73. The van der Waals surface area contributed by atoms with Crippen LogP contribution in [0.5, 0.6) is 0 Å². The Labute approximate surface area is 223 Å². The Kier molecular flexibility index (Phi) is 8.21. The van der Waals surface area contributed by atoms with Crippen molar-refractivity contribution in [1.29, 1.82) is 0 Å². The fourth-order valence-corrected chi connectivity index (χ4v) is 7.54. The van der Waals surface area contributed by atoms with E-state index in [1.165, 1.54) is 33.1 Å². The van der Waals surface area contributed by atoms with E-state index in [-0.39, 0.29) is 28.4 Å². The summed E-state index contributed by atoms with van der Waals surface area (Å²) in [5.74, 6) is -0.783. The minimum Gasteiger partial charge on any atom is -0.465 e. The molecule has 1 fully saturated rings. The van der Waals surface area contributed by atoms with Gasteiger partial charge in [-0.25, -0.2) is 8.42 Å². The first-order valence-corrected chi connectivity index (χ1v) is 14.4. The van der Waals surface area contributed by atoms with Crippen LogP contribution in [0, 0.1) is 5.92 Å². The maximum Gasteiger partial charge on any atom is 0.326 e. The summed E-state index contributed by atoms with van der Waals surface area (Å²) in [7, 11) is -3.64. The number of rotatable bonds is 6. The minimum atomic E-state index is -3.64. The van der Waals surface area contributed by atoms with E-state index in [9.17, 15) is 18.0 Å². The maximum atomic E-state index is 13.0. The highest BCUT2D eigenvalue weighted by Gasteiger charge is 2.28. The Hall–Kier alpha value is -2.24. The number of hydrogen-bond donors (Lipinski definition) is 0. The number of sulfonamides is 1. The van der Waals surface area contributed by atoms with Crippen molar-refractivity contribution in [3.8, 4) is 0 Å². The molecular formula is C24H25Cl2N3O5S2. The molecule has 3 aromatic rings. The zero-order valence-corrected chi connectivity index (χ0v) is 22.9. The molecule has 1 aromatic heterocycles. The maximum absolute atomic E-state index is 13.0. The Morgan fingerprint density at radius 3 is 2.58 bits per heavy atom. The molecule has 0 radical (unpaired) electrons. The fourth-order valence-electron chi connectivity index (χ4n) is 4.13. The predicted molar refractivity (Wildman–Crippen MR) is 140 cm³/mol. The van der Waals surface area contributed by atoms with Crippen molar-refractivity contribution in [1.82, 2.24) is 8.87 Å². The van der Waals surface area contributed by atoms with Crippen LogP contribution in [0.3, 0.4) is 0 Å². The third-order valence-electron chi connectivity index (χ3n) is 5.84. The largest absolute Gasteiger partial charge is 0.465 e. The van der Waals surface area contributed by atoms with Gasteiger partial charge in [0.05, 0.1) is 26.7 Å². The molecule has 0 N–H and O–H groups in total. The van der Waals surface area contributed by atoms with Gasteiger partial charge in [0, 0.05) is 23.7 Å². The van der Waals surface area contributed by atoms with Crippen LogP contribution in [0.2, 0.25) is 10.0 Å². The lowest BCUT2D eigenvalue weighted by molar-refractivity contribution is -0.143. The number of benzene rings is 2. The Bertz CT molecular complexity index is 1480. The molecule has 1 atom stereocenters. The van der Waals surface area contributed by atoms with Crippen molar-refractivity contribution in [2.45, 2.75) is 38.1 Å². The molecule has 4 rings (SSSR count). The number of piperidine rings is 1. The topological polar surface area (TPSA) is 98.0 Å². The van der Waals surface area contributed by atoms with Gasteiger partial charge in [-0.15, -0.1) is 0 Å². The first-order valence-electron chi connectivity index (χ1n) is 11.4. The lowest BCUT2D eigenvalue weighted by Gasteiger charge is -2.30. The number of halogens is 2. The molecule has 36 heavy (non-hydrogen) atoms. The molecule has 1 aliphatic rings. The van der Waals surface area contributed by atoms with Crippen molar-refractivity contribution in [2.24, 2.45) is 10.9 Å². The van der Waals surface area contributed by atoms with Gasteiger partial charge in [0.2, 0.25) is 10.0 Å². The monoisotopic (exact) mass is 569 g/mol. The van der Waals surface area contributed by atoms with E-state index in [0.717, 1.165) is 24.2 Å². The highest BCUT2D eigenvalue weighted by molar-refractivity contribution is 7.89. The number of hydrogen-bond acceptors (Lipinski definition) is 6. The Morgan fingerprint density at radius 1 is 1.19 bits per heavy atom. The number of thiazole rings is 1. The van der Waals surface area contributed by atoms with Gasteiger partial charge in [-0.05, 0) is 62.1 Å². The second kappa shape index (κ2) is 11.0. The highest BCUT2D eigenvalue weighted by Crippen LogP contribution is 2.30. The van der Waals surface area contributed by atoms with Gasteiger partial charge in [0.25, 0.3) is 5.91 Å². The number of carbonyl (C=O) groups excluding carboxylic acids is 2. The van der Waals surface area contributed by atoms with Crippen molar-refractivity contribution < 1.29 is 22.7 Å². The zero-order chi connectivity index (χ0) is 26.0. The van der Waals surface area contributed by atoms with Gasteiger partial charge in [-0.2, -0.15) is 9.30 Å². The average molecular weight is 571 g/mol. The van der Waals surface area contributed by atoms with Crippen LogP contribution in [0.15, 0.2) is 46.3 Å². The number of aromatic nitrogens is 1.